The Hall–Kier alpha value is -2.42. The molecule has 0 spiro atoms. The van der Waals surface area contributed by atoms with E-state index in [2.05, 4.69) is 10.3 Å². The lowest BCUT2D eigenvalue weighted by Gasteiger charge is -2.21. The van der Waals surface area contributed by atoms with Crippen molar-refractivity contribution in [3.05, 3.63) is 40.3 Å². The summed E-state index contributed by atoms with van der Waals surface area (Å²) < 4.78 is 43.2. The Morgan fingerprint density at radius 1 is 1.06 bits per heavy atom. The highest BCUT2D eigenvalue weighted by atomic mass is 32.2. The number of ether oxygens (including phenoxy) is 3. The topological polar surface area (TPSA) is 124 Å². The maximum atomic E-state index is 13.0. The number of thiophene rings is 1. The molecule has 13 heteroatoms. The van der Waals surface area contributed by atoms with Crippen LogP contribution in [0.25, 0.3) is 9.53 Å². The van der Waals surface area contributed by atoms with Gasteiger partial charge < -0.3 is 14.2 Å². The summed E-state index contributed by atoms with van der Waals surface area (Å²) >= 11 is 2.48. The van der Waals surface area contributed by atoms with Gasteiger partial charge in [0.2, 0.25) is 10.0 Å². The molecule has 3 rings (SSSR count). The molecule has 0 radical (unpaired) electrons. The van der Waals surface area contributed by atoms with Crippen LogP contribution in [0.2, 0.25) is 0 Å². The van der Waals surface area contributed by atoms with Crippen LogP contribution in [0.5, 0.6) is 0 Å². The van der Waals surface area contributed by atoms with E-state index >= 15 is 0 Å². The highest BCUT2D eigenvalue weighted by molar-refractivity contribution is 7.89. The highest BCUT2D eigenvalue weighted by Gasteiger charge is 2.25. The summed E-state index contributed by atoms with van der Waals surface area (Å²) in [4.78, 5) is 30.4. The van der Waals surface area contributed by atoms with Crippen LogP contribution >= 0.6 is 22.7 Å². The molecular formula is C22H27N3O7S3. The SMILES string of the molecule is CCOC(=O)c1sc2nc(NC(=O)c3ccc(S(=O)(=O)N(CCOC)CCOC)cc3)sc2c1C. The highest BCUT2D eigenvalue weighted by Crippen LogP contribution is 2.37. The third-order valence-electron chi connectivity index (χ3n) is 5.00. The number of sulfonamides is 1. The molecule has 0 fully saturated rings. The Balaban J connectivity index is 1.74. The smallest absolute Gasteiger partial charge is 0.348 e. The third kappa shape index (κ3) is 6.23. The first-order chi connectivity index (χ1) is 16.7. The number of benzene rings is 1. The molecule has 1 amide bonds. The first-order valence-electron chi connectivity index (χ1n) is 10.7. The number of amides is 1. The van der Waals surface area contributed by atoms with E-state index in [1.807, 2.05) is 6.92 Å². The van der Waals surface area contributed by atoms with Crippen molar-refractivity contribution in [3.63, 3.8) is 0 Å². The predicted octanol–water partition coefficient (Wildman–Crippen LogP) is 3.38. The van der Waals surface area contributed by atoms with Gasteiger partial charge in [-0.05, 0) is 43.7 Å². The number of carbonyl (C=O) groups is 2. The van der Waals surface area contributed by atoms with Crippen molar-refractivity contribution in [1.29, 1.82) is 0 Å². The number of esters is 1. The fourth-order valence-electron chi connectivity index (χ4n) is 3.17. The van der Waals surface area contributed by atoms with Gasteiger partial charge in [-0.2, -0.15) is 4.31 Å². The number of hydrogen-bond donors (Lipinski definition) is 1. The quantitative estimate of drug-likeness (QED) is 0.346. The van der Waals surface area contributed by atoms with Gasteiger partial charge in [-0.25, -0.2) is 18.2 Å². The van der Waals surface area contributed by atoms with Crippen molar-refractivity contribution in [2.24, 2.45) is 0 Å². The lowest BCUT2D eigenvalue weighted by Crippen LogP contribution is -2.36. The minimum atomic E-state index is -3.78. The largest absolute Gasteiger partial charge is 0.462 e. The first kappa shape index (κ1) is 27.2. The van der Waals surface area contributed by atoms with Crippen molar-refractivity contribution in [2.75, 3.05) is 52.4 Å². The monoisotopic (exact) mass is 541 g/mol. The van der Waals surface area contributed by atoms with Crippen molar-refractivity contribution >= 4 is 59.2 Å². The standard InChI is InChI=1S/C22H27N3O7S3/c1-5-32-21(27)18-14(2)17-20(33-18)24-22(34-17)23-19(26)15-6-8-16(9-7-15)35(28,29)25(10-12-30-3)11-13-31-4/h6-9H,5,10-13H2,1-4H3,(H,23,24,26). The average molecular weight is 542 g/mol. The molecule has 2 heterocycles. The Bertz CT molecular complexity index is 1280. The second-order valence-electron chi connectivity index (χ2n) is 7.30. The minimum absolute atomic E-state index is 0.0677. The van der Waals surface area contributed by atoms with Gasteiger partial charge in [-0.15, -0.1) is 11.3 Å². The molecule has 0 bridgehead atoms. The fraction of sp³-hybridized carbons (Fsp3) is 0.409. The Kier molecular flexibility index (Phi) is 9.33. The summed E-state index contributed by atoms with van der Waals surface area (Å²) in [5, 5.41) is 3.12. The van der Waals surface area contributed by atoms with Gasteiger partial charge >= 0.3 is 5.97 Å². The molecular weight excluding hydrogens is 514 g/mol. The molecule has 0 aliphatic carbocycles. The number of aryl methyl sites for hydroxylation is 1. The second kappa shape index (κ2) is 12.0. The van der Waals surface area contributed by atoms with Crippen molar-refractivity contribution < 1.29 is 32.2 Å². The number of carbonyl (C=O) groups excluding carboxylic acids is 2. The number of rotatable bonds is 12. The summed E-state index contributed by atoms with van der Waals surface area (Å²) in [5.74, 6) is -0.807. The van der Waals surface area contributed by atoms with Crippen LogP contribution in [0.15, 0.2) is 29.2 Å². The number of anilines is 1. The lowest BCUT2D eigenvalue weighted by molar-refractivity contribution is 0.0531. The molecule has 0 saturated heterocycles. The molecule has 1 aromatic carbocycles. The van der Waals surface area contributed by atoms with E-state index in [1.165, 1.54) is 65.5 Å². The van der Waals surface area contributed by atoms with E-state index in [0.717, 1.165) is 10.3 Å². The van der Waals surface area contributed by atoms with E-state index < -0.39 is 15.9 Å². The lowest BCUT2D eigenvalue weighted by atomic mass is 10.2. The van der Waals surface area contributed by atoms with Crippen LogP contribution in [0.4, 0.5) is 5.13 Å². The van der Waals surface area contributed by atoms with Crippen molar-refractivity contribution in [3.8, 4) is 0 Å². The molecule has 0 aliphatic rings. The number of hydrogen-bond acceptors (Lipinski definition) is 10. The van der Waals surface area contributed by atoms with E-state index in [4.69, 9.17) is 14.2 Å². The summed E-state index contributed by atoms with van der Waals surface area (Å²) in [5.41, 5.74) is 1.05. The van der Waals surface area contributed by atoms with E-state index in [0.29, 0.717) is 14.8 Å². The molecule has 2 aromatic heterocycles. The zero-order chi connectivity index (χ0) is 25.6. The molecule has 0 aliphatic heterocycles. The summed E-state index contributed by atoms with van der Waals surface area (Å²) in [6.07, 6.45) is 0. The van der Waals surface area contributed by atoms with Crippen molar-refractivity contribution in [2.45, 2.75) is 18.7 Å². The third-order valence-corrected chi connectivity index (χ3v) is 9.30. The van der Waals surface area contributed by atoms with Gasteiger partial charge in [0.05, 0.1) is 29.4 Å². The van der Waals surface area contributed by atoms with Crippen LogP contribution in [0.1, 0.15) is 32.5 Å². The summed E-state index contributed by atoms with van der Waals surface area (Å²) in [6, 6.07) is 5.69. The van der Waals surface area contributed by atoms with Crippen LogP contribution in [0.3, 0.4) is 0 Å². The Morgan fingerprint density at radius 3 is 2.23 bits per heavy atom. The second-order valence-corrected chi connectivity index (χ2v) is 11.2. The molecule has 35 heavy (non-hydrogen) atoms. The van der Waals surface area contributed by atoms with Gasteiger partial charge in [0.1, 0.15) is 9.71 Å². The minimum Gasteiger partial charge on any atom is -0.462 e. The van der Waals surface area contributed by atoms with E-state index in [-0.39, 0.29) is 49.3 Å². The number of thiazole rings is 1. The van der Waals surface area contributed by atoms with E-state index in [9.17, 15) is 18.0 Å². The maximum absolute atomic E-state index is 13.0. The molecule has 0 unspecified atom stereocenters. The summed E-state index contributed by atoms with van der Waals surface area (Å²) in [6.45, 7) is 4.71. The number of nitrogens with one attached hydrogen (secondary N) is 1. The molecule has 1 N–H and O–H groups in total. The molecule has 190 valence electrons. The number of fused-ring (bicyclic) bond motifs is 1. The van der Waals surface area contributed by atoms with Gasteiger partial charge in [0.15, 0.2) is 5.13 Å². The normalized spacial score (nSPS) is 11.8. The Morgan fingerprint density at radius 2 is 1.69 bits per heavy atom. The van der Waals surface area contributed by atoms with Crippen LogP contribution in [0, 0.1) is 6.92 Å². The number of aromatic nitrogens is 1. The van der Waals surface area contributed by atoms with Crippen LogP contribution < -0.4 is 5.32 Å². The van der Waals surface area contributed by atoms with Crippen molar-refractivity contribution in [1.82, 2.24) is 9.29 Å². The summed E-state index contributed by atoms with van der Waals surface area (Å²) in [7, 11) is -0.779. The van der Waals surface area contributed by atoms with Gasteiger partial charge in [-0.1, -0.05) is 11.3 Å². The fourth-order valence-corrected chi connectivity index (χ4v) is 6.78. The van der Waals surface area contributed by atoms with Gasteiger partial charge in [0.25, 0.3) is 5.91 Å². The maximum Gasteiger partial charge on any atom is 0.348 e. The molecule has 0 atom stereocenters. The number of nitrogens with zero attached hydrogens (tertiary/aromatic N) is 2. The van der Waals surface area contributed by atoms with Crippen LogP contribution in [-0.4, -0.2) is 76.7 Å². The Labute approximate surface area is 211 Å². The van der Waals surface area contributed by atoms with E-state index in [1.54, 1.807) is 6.92 Å². The number of methoxy groups -OCH3 is 2. The van der Waals surface area contributed by atoms with Gasteiger partial charge in [-0.3, -0.25) is 10.1 Å². The zero-order valence-electron chi connectivity index (χ0n) is 19.8. The molecule has 10 nitrogen and oxygen atoms in total. The predicted molar refractivity (Wildman–Crippen MR) is 135 cm³/mol. The first-order valence-corrected chi connectivity index (χ1v) is 13.8. The molecule has 3 aromatic rings. The van der Waals surface area contributed by atoms with Gasteiger partial charge in [0, 0.05) is 32.9 Å². The average Bonchev–Trinajstić information content (AvgIpc) is 3.37. The molecule has 0 saturated carbocycles. The van der Waals surface area contributed by atoms with Crippen LogP contribution in [-0.2, 0) is 24.2 Å². The zero-order valence-corrected chi connectivity index (χ0v) is 22.3.